The van der Waals surface area contributed by atoms with E-state index in [0.29, 0.717) is 17.0 Å². The summed E-state index contributed by atoms with van der Waals surface area (Å²) >= 11 is 0. The van der Waals surface area contributed by atoms with Crippen molar-refractivity contribution in [3.8, 4) is 5.75 Å². The standard InChI is InChI=1S/C24H23NO5/c1-13-2-4-14(5-3-13)19(26)12-29-17-8-6-16(7-9-17)25-23(27)21-15-10-18-20(11-15)30-24(28)22(18)21/h2-9,15,18,20-22H,10-12H2,1H3,(H,25,27)/t15-,18+,20+,21-,22-/m1/s1. The molecule has 0 unspecified atom stereocenters. The molecule has 2 aromatic carbocycles. The van der Waals surface area contributed by atoms with Gasteiger partial charge in [-0.2, -0.15) is 0 Å². The number of carbonyl (C=O) groups excluding carboxylic acids is 3. The van der Waals surface area contributed by atoms with E-state index >= 15 is 0 Å². The molecule has 0 spiro atoms. The monoisotopic (exact) mass is 405 g/mol. The molecule has 5 atom stereocenters. The molecule has 0 aromatic heterocycles. The molecule has 0 radical (unpaired) electrons. The topological polar surface area (TPSA) is 81.7 Å². The Bertz CT molecular complexity index is 995. The van der Waals surface area contributed by atoms with Gasteiger partial charge in [0, 0.05) is 17.2 Å². The fourth-order valence-electron chi connectivity index (χ4n) is 5.19. The number of carbonyl (C=O) groups is 3. The highest BCUT2D eigenvalue weighted by Crippen LogP contribution is 2.57. The van der Waals surface area contributed by atoms with E-state index in [1.807, 2.05) is 19.1 Å². The lowest BCUT2D eigenvalue weighted by Gasteiger charge is -2.23. The molecule has 2 aromatic rings. The molecule has 2 saturated carbocycles. The lowest BCUT2D eigenvalue weighted by atomic mass is 9.79. The second-order valence-corrected chi connectivity index (χ2v) is 8.51. The maximum atomic E-state index is 12.8. The Morgan fingerprint density at radius 1 is 1.07 bits per heavy atom. The minimum Gasteiger partial charge on any atom is -0.485 e. The van der Waals surface area contributed by atoms with Crippen LogP contribution in [0.15, 0.2) is 48.5 Å². The summed E-state index contributed by atoms with van der Waals surface area (Å²) in [6.45, 7) is 1.92. The fraction of sp³-hybridized carbons (Fsp3) is 0.375. The highest BCUT2D eigenvalue weighted by Gasteiger charge is 2.63. The molecule has 1 heterocycles. The number of Topliss-reactive ketones (excluding diaryl/α,β-unsaturated/α-hetero) is 1. The summed E-state index contributed by atoms with van der Waals surface area (Å²) in [5.41, 5.74) is 2.35. The highest BCUT2D eigenvalue weighted by molar-refractivity contribution is 5.98. The van der Waals surface area contributed by atoms with Gasteiger partial charge in [0.05, 0.1) is 11.8 Å². The van der Waals surface area contributed by atoms with E-state index in [0.717, 1.165) is 18.4 Å². The number of hydrogen-bond acceptors (Lipinski definition) is 5. The number of anilines is 1. The Kier molecular flexibility index (Phi) is 4.57. The molecule has 6 nitrogen and oxygen atoms in total. The van der Waals surface area contributed by atoms with E-state index < -0.39 is 0 Å². The summed E-state index contributed by atoms with van der Waals surface area (Å²) < 4.78 is 11.0. The number of aryl methyl sites for hydroxylation is 1. The van der Waals surface area contributed by atoms with Crippen LogP contribution in [0.4, 0.5) is 5.69 Å². The van der Waals surface area contributed by atoms with Crippen LogP contribution in [0.3, 0.4) is 0 Å². The van der Waals surface area contributed by atoms with Gasteiger partial charge in [0.15, 0.2) is 12.4 Å². The van der Waals surface area contributed by atoms with E-state index in [4.69, 9.17) is 9.47 Å². The molecule has 2 aliphatic carbocycles. The van der Waals surface area contributed by atoms with Gasteiger partial charge in [-0.05, 0) is 49.9 Å². The zero-order valence-corrected chi connectivity index (χ0v) is 16.7. The largest absolute Gasteiger partial charge is 0.485 e. The summed E-state index contributed by atoms with van der Waals surface area (Å²) in [7, 11) is 0. The smallest absolute Gasteiger partial charge is 0.310 e. The molecular formula is C24H23NO5. The van der Waals surface area contributed by atoms with Crippen LogP contribution in [0.1, 0.15) is 28.8 Å². The Labute approximate surface area is 174 Å². The molecule has 30 heavy (non-hydrogen) atoms. The van der Waals surface area contributed by atoms with Gasteiger partial charge in [-0.1, -0.05) is 29.8 Å². The Morgan fingerprint density at radius 2 is 1.80 bits per heavy atom. The third-order valence-corrected chi connectivity index (χ3v) is 6.65. The number of benzene rings is 2. The first-order chi connectivity index (χ1) is 14.5. The predicted molar refractivity (Wildman–Crippen MR) is 109 cm³/mol. The van der Waals surface area contributed by atoms with E-state index in [2.05, 4.69) is 5.32 Å². The number of rotatable bonds is 6. The first kappa shape index (κ1) is 18.9. The number of nitrogens with one attached hydrogen (secondary N) is 1. The van der Waals surface area contributed by atoms with Gasteiger partial charge in [-0.3, -0.25) is 14.4 Å². The van der Waals surface area contributed by atoms with Gasteiger partial charge in [-0.25, -0.2) is 0 Å². The summed E-state index contributed by atoms with van der Waals surface area (Å²) in [4.78, 5) is 37.1. The molecule has 6 heteroatoms. The van der Waals surface area contributed by atoms with Crippen molar-refractivity contribution >= 4 is 23.3 Å². The maximum absolute atomic E-state index is 12.8. The zero-order chi connectivity index (χ0) is 20.8. The summed E-state index contributed by atoms with van der Waals surface area (Å²) in [6.07, 6.45) is 1.73. The zero-order valence-electron chi connectivity index (χ0n) is 16.7. The molecule has 2 bridgehead atoms. The van der Waals surface area contributed by atoms with Gasteiger partial charge in [0.25, 0.3) is 0 Å². The van der Waals surface area contributed by atoms with Crippen LogP contribution >= 0.6 is 0 Å². The first-order valence-corrected chi connectivity index (χ1v) is 10.3. The maximum Gasteiger partial charge on any atom is 0.310 e. The van der Waals surface area contributed by atoms with Gasteiger partial charge in [0.1, 0.15) is 11.9 Å². The van der Waals surface area contributed by atoms with E-state index in [-0.39, 0.29) is 54.0 Å². The number of amides is 1. The Hall–Kier alpha value is -3.15. The van der Waals surface area contributed by atoms with Gasteiger partial charge in [-0.15, -0.1) is 0 Å². The van der Waals surface area contributed by atoms with Crippen LogP contribution in [0, 0.1) is 30.6 Å². The summed E-state index contributed by atoms with van der Waals surface area (Å²) in [5, 5.41) is 2.93. The van der Waals surface area contributed by atoms with Crippen molar-refractivity contribution in [2.24, 2.45) is 23.7 Å². The lowest BCUT2D eigenvalue weighted by Crippen LogP contribution is -2.35. The molecule has 154 valence electrons. The van der Waals surface area contributed by atoms with Crippen LogP contribution in [0.2, 0.25) is 0 Å². The van der Waals surface area contributed by atoms with Crippen molar-refractivity contribution in [1.29, 1.82) is 0 Å². The lowest BCUT2D eigenvalue weighted by molar-refractivity contribution is -0.145. The van der Waals surface area contributed by atoms with Crippen molar-refractivity contribution in [1.82, 2.24) is 0 Å². The number of esters is 1. The highest BCUT2D eigenvalue weighted by atomic mass is 16.6. The number of fused-ring (bicyclic) bond motifs is 1. The average Bonchev–Trinajstić information content (AvgIpc) is 3.36. The molecule has 1 aliphatic heterocycles. The van der Waals surface area contributed by atoms with Crippen molar-refractivity contribution in [2.75, 3.05) is 11.9 Å². The van der Waals surface area contributed by atoms with Crippen molar-refractivity contribution in [3.05, 3.63) is 59.7 Å². The molecule has 5 rings (SSSR count). The van der Waals surface area contributed by atoms with Crippen LogP contribution < -0.4 is 10.1 Å². The number of ketones is 1. The molecule has 1 amide bonds. The van der Waals surface area contributed by atoms with Crippen LogP contribution in [0.25, 0.3) is 0 Å². The minimum absolute atomic E-state index is 0.0237. The van der Waals surface area contributed by atoms with Crippen molar-refractivity contribution in [3.63, 3.8) is 0 Å². The second-order valence-electron chi connectivity index (χ2n) is 8.51. The van der Waals surface area contributed by atoms with E-state index in [1.165, 1.54) is 0 Å². The molecule has 3 fully saturated rings. The van der Waals surface area contributed by atoms with E-state index in [1.54, 1.807) is 36.4 Å². The predicted octanol–water partition coefficient (Wildman–Crippen LogP) is 3.39. The first-order valence-electron chi connectivity index (χ1n) is 10.3. The molecule has 3 aliphatic rings. The van der Waals surface area contributed by atoms with Crippen LogP contribution in [-0.2, 0) is 14.3 Å². The molecular weight excluding hydrogens is 382 g/mol. The van der Waals surface area contributed by atoms with Crippen molar-refractivity contribution < 1.29 is 23.9 Å². The molecule has 1 saturated heterocycles. The fourth-order valence-corrected chi connectivity index (χ4v) is 5.19. The third-order valence-electron chi connectivity index (χ3n) is 6.65. The van der Waals surface area contributed by atoms with Crippen LogP contribution in [0.5, 0.6) is 5.75 Å². The van der Waals surface area contributed by atoms with Gasteiger partial charge >= 0.3 is 5.97 Å². The average molecular weight is 405 g/mol. The normalized spacial score (nSPS) is 28.3. The van der Waals surface area contributed by atoms with Gasteiger partial charge < -0.3 is 14.8 Å². The summed E-state index contributed by atoms with van der Waals surface area (Å²) in [5.74, 6) is -0.0263. The SMILES string of the molecule is Cc1ccc(C(=O)COc2ccc(NC(=O)[C@@H]3[C@@H]4C[C@@H]5[C@H]3C(=O)O[C@H]5C4)cc2)cc1. The Balaban J connectivity index is 1.17. The number of ether oxygens (including phenoxy) is 2. The van der Waals surface area contributed by atoms with E-state index in [9.17, 15) is 14.4 Å². The quantitative estimate of drug-likeness (QED) is 0.589. The minimum atomic E-state index is -0.302. The third kappa shape index (κ3) is 3.26. The van der Waals surface area contributed by atoms with Crippen molar-refractivity contribution in [2.45, 2.75) is 25.9 Å². The molecule has 1 N–H and O–H groups in total. The number of hydrogen-bond donors (Lipinski definition) is 1. The van der Waals surface area contributed by atoms with Crippen LogP contribution in [-0.4, -0.2) is 30.4 Å². The van der Waals surface area contributed by atoms with Gasteiger partial charge in [0.2, 0.25) is 5.91 Å². The second kappa shape index (κ2) is 7.27. The summed E-state index contributed by atoms with van der Waals surface area (Å²) in [6, 6.07) is 14.3. The Morgan fingerprint density at radius 3 is 2.53 bits per heavy atom.